The minimum Gasteiger partial charge on any atom is -0.294 e. The number of benzene rings is 1. The molecule has 92 valence electrons. The Bertz CT molecular complexity index is 414. The molecule has 2 rings (SSSR count). The second kappa shape index (κ2) is 5.19. The summed E-state index contributed by atoms with van der Waals surface area (Å²) in [6.07, 6.45) is 3.71. The number of carbonyl (C=O) groups excluding carboxylic acids is 1. The Hall–Kier alpha value is -0.860. The van der Waals surface area contributed by atoms with Gasteiger partial charge in [0.15, 0.2) is 5.78 Å². The molecular weight excluding hydrogens is 234 g/mol. The summed E-state index contributed by atoms with van der Waals surface area (Å²) in [5.74, 6) is 0.155. The standard InChI is InChI=1S/C14H18ClNO/c1-10(16(2)13-7-4-8-13)14(17)11-5-3-6-12(15)9-11/h3,5-6,9-10,13H,4,7-8H2,1-2H3. The first-order valence-electron chi connectivity index (χ1n) is 6.11. The fraction of sp³-hybridized carbons (Fsp3) is 0.500. The molecule has 1 unspecified atom stereocenters. The van der Waals surface area contributed by atoms with Crippen LogP contribution in [0, 0.1) is 0 Å². The van der Waals surface area contributed by atoms with Crippen LogP contribution >= 0.6 is 11.6 Å². The smallest absolute Gasteiger partial charge is 0.179 e. The van der Waals surface area contributed by atoms with Crippen LogP contribution in [0.5, 0.6) is 0 Å². The van der Waals surface area contributed by atoms with Gasteiger partial charge in [0, 0.05) is 16.6 Å². The monoisotopic (exact) mass is 251 g/mol. The van der Waals surface area contributed by atoms with E-state index in [2.05, 4.69) is 4.90 Å². The van der Waals surface area contributed by atoms with Crippen molar-refractivity contribution in [1.29, 1.82) is 0 Å². The molecule has 1 aliphatic rings. The van der Waals surface area contributed by atoms with E-state index in [0.717, 1.165) is 0 Å². The summed E-state index contributed by atoms with van der Waals surface area (Å²) in [5, 5.41) is 0.620. The number of likely N-dealkylation sites (N-methyl/N-ethyl adjacent to an activating group) is 1. The van der Waals surface area contributed by atoms with Gasteiger partial charge in [0.05, 0.1) is 6.04 Å². The lowest BCUT2D eigenvalue weighted by atomic mass is 9.90. The molecule has 17 heavy (non-hydrogen) atoms. The van der Waals surface area contributed by atoms with Crippen molar-refractivity contribution in [3.8, 4) is 0 Å². The highest BCUT2D eigenvalue weighted by Crippen LogP contribution is 2.26. The van der Waals surface area contributed by atoms with Crippen LogP contribution in [0.1, 0.15) is 36.5 Å². The van der Waals surface area contributed by atoms with E-state index >= 15 is 0 Å². The molecule has 1 aromatic carbocycles. The number of rotatable bonds is 4. The van der Waals surface area contributed by atoms with Gasteiger partial charge in [0.1, 0.15) is 0 Å². The third-order valence-corrected chi connectivity index (χ3v) is 3.99. The second-order valence-corrected chi connectivity index (χ2v) is 5.24. The topological polar surface area (TPSA) is 20.3 Å². The molecule has 1 atom stereocenters. The lowest BCUT2D eigenvalue weighted by molar-refractivity contribution is 0.0723. The maximum Gasteiger partial charge on any atom is 0.179 e. The second-order valence-electron chi connectivity index (χ2n) is 4.80. The minimum absolute atomic E-state index is 0.0706. The zero-order chi connectivity index (χ0) is 12.4. The van der Waals surface area contributed by atoms with Crippen molar-refractivity contribution in [1.82, 2.24) is 4.90 Å². The Kier molecular flexibility index (Phi) is 3.85. The lowest BCUT2D eigenvalue weighted by Crippen LogP contribution is -2.46. The number of hydrogen-bond donors (Lipinski definition) is 0. The van der Waals surface area contributed by atoms with Gasteiger partial charge < -0.3 is 0 Å². The summed E-state index contributed by atoms with van der Waals surface area (Å²) in [5.41, 5.74) is 0.705. The molecular formula is C14H18ClNO. The van der Waals surface area contributed by atoms with E-state index in [1.165, 1.54) is 19.3 Å². The molecule has 1 fully saturated rings. The van der Waals surface area contributed by atoms with Crippen LogP contribution in [0.4, 0.5) is 0 Å². The molecule has 2 nitrogen and oxygen atoms in total. The van der Waals surface area contributed by atoms with Crippen molar-refractivity contribution in [3.63, 3.8) is 0 Å². The third-order valence-electron chi connectivity index (χ3n) is 3.75. The van der Waals surface area contributed by atoms with Gasteiger partial charge in [-0.1, -0.05) is 30.2 Å². The van der Waals surface area contributed by atoms with Gasteiger partial charge in [-0.2, -0.15) is 0 Å². The van der Waals surface area contributed by atoms with Gasteiger partial charge >= 0.3 is 0 Å². The quantitative estimate of drug-likeness (QED) is 0.765. The van der Waals surface area contributed by atoms with Crippen molar-refractivity contribution in [3.05, 3.63) is 34.9 Å². The summed E-state index contributed by atoms with van der Waals surface area (Å²) in [6.45, 7) is 1.97. The average Bonchev–Trinajstić information content (AvgIpc) is 2.24. The largest absolute Gasteiger partial charge is 0.294 e. The molecule has 0 radical (unpaired) electrons. The molecule has 0 bridgehead atoms. The van der Waals surface area contributed by atoms with Crippen molar-refractivity contribution < 1.29 is 4.79 Å². The van der Waals surface area contributed by atoms with E-state index in [0.29, 0.717) is 16.6 Å². The molecule has 1 aliphatic carbocycles. The fourth-order valence-corrected chi connectivity index (χ4v) is 2.37. The molecule has 3 heteroatoms. The number of halogens is 1. The van der Waals surface area contributed by atoms with E-state index in [-0.39, 0.29) is 11.8 Å². The SMILES string of the molecule is CC(C(=O)c1cccc(Cl)c1)N(C)C1CCC1. The zero-order valence-corrected chi connectivity index (χ0v) is 11.1. The van der Waals surface area contributed by atoms with Crippen molar-refractivity contribution in [2.75, 3.05) is 7.05 Å². The number of ketones is 1. The number of carbonyl (C=O) groups is 1. The summed E-state index contributed by atoms with van der Waals surface area (Å²) in [6, 6.07) is 7.70. The lowest BCUT2D eigenvalue weighted by Gasteiger charge is -2.38. The molecule has 0 N–H and O–H groups in total. The maximum absolute atomic E-state index is 12.3. The Labute approximate surface area is 108 Å². The molecule has 0 amide bonds. The third kappa shape index (κ3) is 2.70. The van der Waals surface area contributed by atoms with Crippen LogP contribution in [0.15, 0.2) is 24.3 Å². The van der Waals surface area contributed by atoms with Crippen molar-refractivity contribution in [2.24, 2.45) is 0 Å². The van der Waals surface area contributed by atoms with Crippen LogP contribution in [-0.2, 0) is 0 Å². The molecule has 0 heterocycles. The first-order valence-corrected chi connectivity index (χ1v) is 6.49. The number of Topliss-reactive ketones (excluding diaryl/α,β-unsaturated/α-hetero) is 1. The number of nitrogens with zero attached hydrogens (tertiary/aromatic N) is 1. The van der Waals surface area contributed by atoms with Gasteiger partial charge in [-0.15, -0.1) is 0 Å². The summed E-state index contributed by atoms with van der Waals surface area (Å²) >= 11 is 5.91. The van der Waals surface area contributed by atoms with E-state index in [4.69, 9.17) is 11.6 Å². The molecule has 0 aliphatic heterocycles. The molecule has 1 aromatic rings. The minimum atomic E-state index is -0.0706. The van der Waals surface area contributed by atoms with E-state index < -0.39 is 0 Å². The first kappa shape index (κ1) is 12.6. The molecule has 0 spiro atoms. The maximum atomic E-state index is 12.3. The van der Waals surface area contributed by atoms with Gasteiger partial charge in [0.2, 0.25) is 0 Å². The van der Waals surface area contributed by atoms with Crippen molar-refractivity contribution in [2.45, 2.75) is 38.3 Å². The zero-order valence-electron chi connectivity index (χ0n) is 10.3. The Morgan fingerprint density at radius 2 is 2.18 bits per heavy atom. The molecule has 0 aromatic heterocycles. The van der Waals surface area contributed by atoms with Crippen LogP contribution in [-0.4, -0.2) is 29.8 Å². The molecule has 1 saturated carbocycles. The Morgan fingerprint density at radius 1 is 1.47 bits per heavy atom. The van der Waals surface area contributed by atoms with Crippen molar-refractivity contribution >= 4 is 17.4 Å². The van der Waals surface area contributed by atoms with Crippen LogP contribution in [0.3, 0.4) is 0 Å². The van der Waals surface area contributed by atoms with Gasteiger partial charge in [-0.3, -0.25) is 9.69 Å². The van der Waals surface area contributed by atoms with Gasteiger partial charge in [-0.05, 0) is 38.9 Å². The fourth-order valence-electron chi connectivity index (χ4n) is 2.18. The Balaban J connectivity index is 2.08. The molecule has 0 saturated heterocycles. The van der Waals surface area contributed by atoms with Gasteiger partial charge in [0.25, 0.3) is 0 Å². The van der Waals surface area contributed by atoms with Crippen LogP contribution < -0.4 is 0 Å². The van der Waals surface area contributed by atoms with E-state index in [1.54, 1.807) is 12.1 Å². The van der Waals surface area contributed by atoms with E-state index in [1.807, 2.05) is 26.1 Å². The normalized spacial score (nSPS) is 17.9. The van der Waals surface area contributed by atoms with E-state index in [9.17, 15) is 4.79 Å². The summed E-state index contributed by atoms with van der Waals surface area (Å²) in [7, 11) is 2.04. The average molecular weight is 252 g/mol. The summed E-state index contributed by atoms with van der Waals surface area (Å²) < 4.78 is 0. The predicted molar refractivity (Wildman–Crippen MR) is 70.6 cm³/mol. The Morgan fingerprint density at radius 3 is 2.71 bits per heavy atom. The number of hydrogen-bond acceptors (Lipinski definition) is 2. The highest BCUT2D eigenvalue weighted by atomic mass is 35.5. The summed E-state index contributed by atoms with van der Waals surface area (Å²) in [4.78, 5) is 14.5. The predicted octanol–water partition coefficient (Wildman–Crippen LogP) is 3.40. The first-order chi connectivity index (χ1) is 8.09. The van der Waals surface area contributed by atoms with Gasteiger partial charge in [-0.25, -0.2) is 0 Å². The van der Waals surface area contributed by atoms with Crippen LogP contribution in [0.2, 0.25) is 5.02 Å². The highest BCUT2D eigenvalue weighted by Gasteiger charge is 2.29. The highest BCUT2D eigenvalue weighted by molar-refractivity contribution is 6.31. The van der Waals surface area contributed by atoms with Crippen LogP contribution in [0.25, 0.3) is 0 Å².